The minimum absolute atomic E-state index is 0.250. The molecule has 2 heteroatoms. The highest BCUT2D eigenvalue weighted by Gasteiger charge is 2.40. The predicted molar refractivity (Wildman–Crippen MR) is 80.6 cm³/mol. The zero-order chi connectivity index (χ0) is 14.1. The molecular weight excluding hydrogens is 220 g/mol. The summed E-state index contributed by atoms with van der Waals surface area (Å²) in [5.74, 6) is 1.58. The highest BCUT2D eigenvalue weighted by molar-refractivity contribution is 4.96. The van der Waals surface area contributed by atoms with Crippen LogP contribution in [0.5, 0.6) is 0 Å². The number of nitrogens with two attached hydrogens (primary N) is 1. The van der Waals surface area contributed by atoms with Crippen molar-refractivity contribution >= 4 is 0 Å². The van der Waals surface area contributed by atoms with E-state index < -0.39 is 0 Å². The second kappa shape index (κ2) is 5.92. The minimum Gasteiger partial charge on any atom is -0.326 e. The van der Waals surface area contributed by atoms with E-state index in [0.717, 1.165) is 18.3 Å². The van der Waals surface area contributed by atoms with Gasteiger partial charge in [0.25, 0.3) is 0 Å². The van der Waals surface area contributed by atoms with E-state index in [9.17, 15) is 0 Å². The molecule has 0 spiro atoms. The lowest BCUT2D eigenvalue weighted by molar-refractivity contribution is -0.0153. The molecule has 0 amide bonds. The van der Waals surface area contributed by atoms with E-state index in [0.29, 0.717) is 12.1 Å². The first-order valence-corrected chi connectivity index (χ1v) is 7.69. The lowest BCUT2D eigenvalue weighted by atomic mass is 9.76. The smallest absolute Gasteiger partial charge is 0.0298 e. The molecule has 18 heavy (non-hydrogen) atoms. The summed E-state index contributed by atoms with van der Waals surface area (Å²) in [6.07, 6.45) is 2.42. The van der Waals surface area contributed by atoms with Crippen molar-refractivity contribution in [1.29, 1.82) is 0 Å². The molecule has 0 aromatic heterocycles. The van der Waals surface area contributed by atoms with Crippen LogP contribution in [0, 0.1) is 17.3 Å². The van der Waals surface area contributed by atoms with E-state index in [1.54, 1.807) is 0 Å². The number of hydrogen-bond acceptors (Lipinski definition) is 2. The fraction of sp³-hybridized carbons (Fsp3) is 1.00. The molecule has 0 bridgehead atoms. The summed E-state index contributed by atoms with van der Waals surface area (Å²) in [7, 11) is 0. The molecule has 0 aliphatic carbocycles. The Labute approximate surface area is 114 Å². The van der Waals surface area contributed by atoms with Crippen LogP contribution in [-0.4, -0.2) is 29.6 Å². The zero-order valence-electron chi connectivity index (χ0n) is 13.5. The Morgan fingerprint density at radius 1 is 1.22 bits per heavy atom. The van der Waals surface area contributed by atoms with Gasteiger partial charge in [0.15, 0.2) is 0 Å². The van der Waals surface area contributed by atoms with Crippen molar-refractivity contribution in [2.45, 2.75) is 79.4 Å². The number of nitrogens with zero attached hydrogens (tertiary/aromatic N) is 1. The summed E-state index contributed by atoms with van der Waals surface area (Å²) in [6, 6.07) is 1.43. The third-order valence-electron chi connectivity index (χ3n) is 4.76. The van der Waals surface area contributed by atoms with Gasteiger partial charge in [0.1, 0.15) is 0 Å². The van der Waals surface area contributed by atoms with Crippen molar-refractivity contribution in [3.8, 4) is 0 Å². The van der Waals surface area contributed by atoms with Gasteiger partial charge < -0.3 is 5.73 Å². The maximum absolute atomic E-state index is 6.45. The van der Waals surface area contributed by atoms with Crippen LogP contribution in [0.15, 0.2) is 0 Å². The van der Waals surface area contributed by atoms with Crippen LogP contribution < -0.4 is 5.73 Å². The monoisotopic (exact) mass is 254 g/mol. The zero-order valence-corrected chi connectivity index (χ0v) is 13.5. The predicted octanol–water partition coefficient (Wildman–Crippen LogP) is 3.50. The third-order valence-corrected chi connectivity index (χ3v) is 4.76. The first-order chi connectivity index (χ1) is 8.18. The molecule has 0 aromatic rings. The Bertz CT molecular complexity index is 256. The molecule has 5 unspecified atom stereocenters. The van der Waals surface area contributed by atoms with Gasteiger partial charge in [-0.25, -0.2) is 0 Å². The van der Waals surface area contributed by atoms with Crippen molar-refractivity contribution in [2.24, 2.45) is 23.0 Å². The van der Waals surface area contributed by atoms with Gasteiger partial charge in [-0.05, 0) is 37.0 Å². The van der Waals surface area contributed by atoms with Crippen LogP contribution in [0.2, 0.25) is 0 Å². The van der Waals surface area contributed by atoms with Gasteiger partial charge in [0.2, 0.25) is 0 Å². The maximum Gasteiger partial charge on any atom is 0.0298 e. The van der Waals surface area contributed by atoms with Crippen molar-refractivity contribution in [3.63, 3.8) is 0 Å². The fourth-order valence-corrected chi connectivity index (χ4v) is 3.73. The highest BCUT2D eigenvalue weighted by Crippen LogP contribution is 2.35. The minimum atomic E-state index is 0.250. The molecule has 0 radical (unpaired) electrons. The summed E-state index contributed by atoms with van der Waals surface area (Å²) >= 11 is 0. The molecule has 1 aliphatic rings. The molecular formula is C16H34N2. The molecule has 1 fully saturated rings. The number of hydrogen-bond donors (Lipinski definition) is 1. The SMILES string of the molecule is CCC(N)C(N1CC(C)CC(C)C1C)C(C)(C)C. The Kier molecular flexibility index (Phi) is 5.25. The van der Waals surface area contributed by atoms with Crippen molar-refractivity contribution in [1.82, 2.24) is 4.90 Å². The number of rotatable bonds is 3. The van der Waals surface area contributed by atoms with Gasteiger partial charge in [0, 0.05) is 24.7 Å². The Morgan fingerprint density at radius 3 is 2.22 bits per heavy atom. The second-order valence-electron chi connectivity index (χ2n) is 7.64. The Balaban J connectivity index is 2.96. The van der Waals surface area contributed by atoms with Gasteiger partial charge in [0.05, 0.1) is 0 Å². The van der Waals surface area contributed by atoms with Crippen LogP contribution in [0.4, 0.5) is 0 Å². The number of piperidine rings is 1. The summed E-state index contributed by atoms with van der Waals surface area (Å²) < 4.78 is 0. The van der Waals surface area contributed by atoms with Crippen LogP contribution in [-0.2, 0) is 0 Å². The van der Waals surface area contributed by atoms with Crippen molar-refractivity contribution in [2.75, 3.05) is 6.54 Å². The average Bonchev–Trinajstić information content (AvgIpc) is 2.23. The van der Waals surface area contributed by atoms with E-state index in [1.807, 2.05) is 0 Å². The second-order valence-corrected chi connectivity index (χ2v) is 7.64. The van der Waals surface area contributed by atoms with E-state index >= 15 is 0 Å². The topological polar surface area (TPSA) is 29.3 Å². The molecule has 5 atom stereocenters. The molecule has 0 aromatic carbocycles. The van der Waals surface area contributed by atoms with Gasteiger partial charge in [-0.3, -0.25) is 4.90 Å². The molecule has 2 N–H and O–H groups in total. The maximum atomic E-state index is 6.45. The fourth-order valence-electron chi connectivity index (χ4n) is 3.73. The van der Waals surface area contributed by atoms with Gasteiger partial charge in [-0.15, -0.1) is 0 Å². The summed E-state index contributed by atoms with van der Waals surface area (Å²) in [4.78, 5) is 2.70. The average molecular weight is 254 g/mol. The normalized spacial score (nSPS) is 34.3. The van der Waals surface area contributed by atoms with Gasteiger partial charge >= 0.3 is 0 Å². The van der Waals surface area contributed by atoms with Crippen LogP contribution in [0.3, 0.4) is 0 Å². The molecule has 2 nitrogen and oxygen atoms in total. The molecule has 0 saturated carbocycles. The van der Waals surface area contributed by atoms with Gasteiger partial charge in [-0.1, -0.05) is 41.5 Å². The Hall–Kier alpha value is -0.0800. The summed E-state index contributed by atoms with van der Waals surface area (Å²) in [5.41, 5.74) is 6.70. The van der Waals surface area contributed by atoms with Crippen LogP contribution in [0.1, 0.15) is 61.3 Å². The molecule has 1 aliphatic heterocycles. The third kappa shape index (κ3) is 3.48. The quantitative estimate of drug-likeness (QED) is 0.835. The van der Waals surface area contributed by atoms with E-state index in [-0.39, 0.29) is 11.5 Å². The lowest BCUT2D eigenvalue weighted by Crippen LogP contribution is -2.61. The van der Waals surface area contributed by atoms with Crippen molar-refractivity contribution < 1.29 is 0 Å². The van der Waals surface area contributed by atoms with E-state index in [2.05, 4.69) is 53.4 Å². The molecule has 108 valence electrons. The van der Waals surface area contributed by atoms with E-state index in [1.165, 1.54) is 13.0 Å². The molecule has 1 rings (SSSR count). The highest BCUT2D eigenvalue weighted by atomic mass is 15.2. The molecule has 1 saturated heterocycles. The summed E-state index contributed by atoms with van der Waals surface area (Å²) in [6.45, 7) is 17.6. The Morgan fingerprint density at radius 2 is 1.78 bits per heavy atom. The van der Waals surface area contributed by atoms with E-state index in [4.69, 9.17) is 5.73 Å². The van der Waals surface area contributed by atoms with Crippen LogP contribution >= 0.6 is 0 Å². The largest absolute Gasteiger partial charge is 0.326 e. The first-order valence-electron chi connectivity index (χ1n) is 7.69. The first kappa shape index (κ1) is 16.0. The van der Waals surface area contributed by atoms with Gasteiger partial charge in [-0.2, -0.15) is 0 Å². The standard InChI is InChI=1S/C16H34N2/c1-8-14(17)15(16(5,6)7)18-10-11(2)9-12(3)13(18)4/h11-15H,8-10,17H2,1-7H3. The lowest BCUT2D eigenvalue weighted by Gasteiger charge is -2.51. The van der Waals surface area contributed by atoms with Crippen LogP contribution in [0.25, 0.3) is 0 Å². The summed E-state index contributed by atoms with van der Waals surface area (Å²) in [5, 5.41) is 0. The number of likely N-dealkylation sites (tertiary alicyclic amines) is 1. The van der Waals surface area contributed by atoms with Crippen molar-refractivity contribution in [3.05, 3.63) is 0 Å². The molecule has 1 heterocycles.